The summed E-state index contributed by atoms with van der Waals surface area (Å²) >= 11 is 0. The van der Waals surface area contributed by atoms with Crippen LogP contribution < -0.4 is 24.0 Å². The van der Waals surface area contributed by atoms with E-state index in [1.165, 1.54) is 18.0 Å². The van der Waals surface area contributed by atoms with Gasteiger partial charge in [-0.3, -0.25) is 0 Å². The van der Waals surface area contributed by atoms with Gasteiger partial charge in [0.05, 0.1) is 7.05 Å². The Balaban J connectivity index is 1.44. The molecule has 1 atom stereocenters. The molecule has 1 aromatic rings. The largest absolute Gasteiger partial charge is 0.491 e. The van der Waals surface area contributed by atoms with Gasteiger partial charge in [0.15, 0.2) is 11.5 Å². The maximum atomic E-state index is 10.1. The van der Waals surface area contributed by atoms with Crippen molar-refractivity contribution in [1.82, 2.24) is 0 Å². The lowest BCUT2D eigenvalue weighted by Crippen LogP contribution is -3.27. The third kappa shape index (κ3) is 3.78. The normalized spacial score (nSPS) is 25.6. The minimum atomic E-state index is -0.441. The molecule has 1 aromatic carbocycles. The van der Waals surface area contributed by atoms with Gasteiger partial charge >= 0.3 is 0 Å². The Morgan fingerprint density at radius 1 is 1.19 bits per heavy atom. The van der Waals surface area contributed by atoms with Crippen molar-refractivity contribution in [2.24, 2.45) is 0 Å². The number of hydrogen-bond donors (Lipinski definition) is 3. The molecule has 0 amide bonds. The van der Waals surface area contributed by atoms with Crippen LogP contribution in [0.3, 0.4) is 0 Å². The van der Waals surface area contributed by atoms with E-state index in [4.69, 9.17) is 14.2 Å². The molecule has 116 valence electrons. The molecule has 2 heterocycles. The first-order valence-electron chi connectivity index (χ1n) is 7.56. The third-order valence-corrected chi connectivity index (χ3v) is 4.12. The average Bonchev–Trinajstić information content (AvgIpc) is 2.95. The molecule has 1 saturated heterocycles. The summed E-state index contributed by atoms with van der Waals surface area (Å²) in [6, 6.07) is 5.48. The lowest BCUT2D eigenvalue weighted by atomic mass is 10.2. The van der Waals surface area contributed by atoms with Crippen LogP contribution in [-0.4, -0.2) is 64.4 Å². The van der Waals surface area contributed by atoms with Gasteiger partial charge in [-0.2, -0.15) is 0 Å². The van der Waals surface area contributed by atoms with E-state index in [0.717, 1.165) is 25.4 Å². The highest BCUT2D eigenvalue weighted by molar-refractivity contribution is 5.46. The second-order valence-electron chi connectivity index (χ2n) is 5.89. The van der Waals surface area contributed by atoms with Crippen LogP contribution in [0.25, 0.3) is 0 Å². The molecule has 2 aliphatic heterocycles. The molecule has 3 N–H and O–H groups in total. The highest BCUT2D eigenvalue weighted by Crippen LogP contribution is 2.35. The van der Waals surface area contributed by atoms with E-state index in [9.17, 15) is 5.11 Å². The topological polar surface area (TPSA) is 56.8 Å². The van der Waals surface area contributed by atoms with Crippen molar-refractivity contribution in [1.29, 1.82) is 0 Å². The minimum Gasteiger partial charge on any atom is -0.491 e. The van der Waals surface area contributed by atoms with E-state index in [-0.39, 0.29) is 6.79 Å². The van der Waals surface area contributed by atoms with Crippen molar-refractivity contribution in [2.45, 2.75) is 6.10 Å². The van der Waals surface area contributed by atoms with E-state index in [1.807, 2.05) is 12.1 Å². The number of aliphatic hydroxyl groups excluding tert-OH is 1. The fourth-order valence-electron chi connectivity index (χ4n) is 2.79. The van der Waals surface area contributed by atoms with E-state index >= 15 is 0 Å². The molecular formula is C15H24N2O4+2. The molecule has 0 unspecified atom stereocenters. The first kappa shape index (κ1) is 14.4. The van der Waals surface area contributed by atoms with Crippen LogP contribution in [0, 0.1) is 0 Å². The van der Waals surface area contributed by atoms with Gasteiger partial charge in [0.25, 0.3) is 0 Å². The van der Waals surface area contributed by atoms with E-state index in [0.29, 0.717) is 18.1 Å². The maximum absolute atomic E-state index is 10.1. The third-order valence-electron chi connectivity index (χ3n) is 4.12. The summed E-state index contributed by atoms with van der Waals surface area (Å²) in [6.07, 6.45) is -0.441. The van der Waals surface area contributed by atoms with Gasteiger partial charge in [-0.25, -0.2) is 0 Å². The lowest BCUT2D eigenvalue weighted by molar-refractivity contribution is -1.00. The average molecular weight is 296 g/mol. The summed E-state index contributed by atoms with van der Waals surface area (Å²) in [6.45, 7) is 5.90. The molecule has 0 saturated carbocycles. The molecular weight excluding hydrogens is 272 g/mol. The van der Waals surface area contributed by atoms with Gasteiger partial charge in [-0.1, -0.05) is 0 Å². The van der Waals surface area contributed by atoms with Gasteiger partial charge in [0, 0.05) is 6.07 Å². The zero-order valence-electron chi connectivity index (χ0n) is 12.4. The monoisotopic (exact) mass is 296 g/mol. The number of quaternary nitrogens is 2. The maximum Gasteiger partial charge on any atom is 0.231 e. The van der Waals surface area contributed by atoms with Crippen molar-refractivity contribution >= 4 is 0 Å². The number of aliphatic hydroxyl groups is 1. The van der Waals surface area contributed by atoms with E-state index in [2.05, 4.69) is 7.05 Å². The molecule has 2 aliphatic rings. The van der Waals surface area contributed by atoms with Crippen LogP contribution >= 0.6 is 0 Å². The second kappa shape index (κ2) is 6.51. The zero-order chi connectivity index (χ0) is 14.7. The Morgan fingerprint density at radius 2 is 1.95 bits per heavy atom. The fourth-order valence-corrected chi connectivity index (χ4v) is 2.79. The summed E-state index contributed by atoms with van der Waals surface area (Å²) in [7, 11) is 2.22. The Labute approximate surface area is 124 Å². The van der Waals surface area contributed by atoms with Crippen LogP contribution in [0.4, 0.5) is 0 Å². The van der Waals surface area contributed by atoms with Gasteiger partial charge in [0.2, 0.25) is 6.79 Å². The van der Waals surface area contributed by atoms with E-state index < -0.39 is 6.10 Å². The number of nitrogens with one attached hydrogen (secondary N) is 2. The van der Waals surface area contributed by atoms with Crippen molar-refractivity contribution in [3.8, 4) is 17.2 Å². The number of piperazine rings is 1. The summed E-state index contributed by atoms with van der Waals surface area (Å²) < 4.78 is 16.2. The highest BCUT2D eigenvalue weighted by atomic mass is 16.7. The number of rotatable bonds is 5. The van der Waals surface area contributed by atoms with Crippen LogP contribution in [0.1, 0.15) is 0 Å². The zero-order valence-corrected chi connectivity index (χ0v) is 12.4. The predicted octanol–water partition coefficient (Wildman–Crippen LogP) is -2.43. The van der Waals surface area contributed by atoms with E-state index in [1.54, 1.807) is 11.0 Å². The SMILES string of the molecule is C[NH+]1CC[NH+](C[C@@H](O)COc2ccc3c(c2)OCO3)CC1. The Bertz CT molecular complexity index is 475. The molecule has 3 rings (SSSR count). The summed E-state index contributed by atoms with van der Waals surface area (Å²) in [5, 5.41) is 10.1. The van der Waals surface area contributed by atoms with Gasteiger partial charge in [-0.15, -0.1) is 0 Å². The smallest absolute Gasteiger partial charge is 0.231 e. The number of hydrogen-bond acceptors (Lipinski definition) is 4. The number of fused-ring (bicyclic) bond motifs is 1. The molecule has 0 aliphatic carbocycles. The summed E-state index contributed by atoms with van der Waals surface area (Å²) in [5.74, 6) is 2.15. The molecule has 0 bridgehead atoms. The summed E-state index contributed by atoms with van der Waals surface area (Å²) in [4.78, 5) is 3.03. The van der Waals surface area contributed by atoms with Gasteiger partial charge < -0.3 is 29.1 Å². The Kier molecular flexibility index (Phi) is 4.48. The predicted molar refractivity (Wildman–Crippen MR) is 76.3 cm³/mol. The quantitative estimate of drug-likeness (QED) is 0.565. The minimum absolute atomic E-state index is 0.260. The molecule has 0 spiro atoms. The first-order chi connectivity index (χ1) is 10.2. The summed E-state index contributed by atoms with van der Waals surface area (Å²) in [5.41, 5.74) is 0. The molecule has 1 fully saturated rings. The van der Waals surface area contributed by atoms with Crippen LogP contribution in [0.5, 0.6) is 17.2 Å². The van der Waals surface area contributed by atoms with Crippen molar-refractivity contribution in [3.63, 3.8) is 0 Å². The van der Waals surface area contributed by atoms with Gasteiger partial charge in [-0.05, 0) is 12.1 Å². The molecule has 6 nitrogen and oxygen atoms in total. The standard InChI is InChI=1S/C15H22N2O4/c1-16-4-6-17(7-5-16)9-12(18)10-19-13-2-3-14-15(8-13)21-11-20-14/h2-3,8,12,18H,4-7,9-11H2,1H3/p+2/t12-/m1/s1. The second-order valence-corrected chi connectivity index (χ2v) is 5.89. The van der Waals surface area contributed by atoms with Crippen molar-refractivity contribution in [3.05, 3.63) is 18.2 Å². The van der Waals surface area contributed by atoms with Crippen LogP contribution in [0.15, 0.2) is 18.2 Å². The van der Waals surface area contributed by atoms with Crippen molar-refractivity contribution in [2.75, 3.05) is 53.2 Å². The lowest BCUT2D eigenvalue weighted by Gasteiger charge is -2.28. The van der Waals surface area contributed by atoms with Crippen molar-refractivity contribution < 1.29 is 29.1 Å². The highest BCUT2D eigenvalue weighted by Gasteiger charge is 2.23. The molecule has 6 heteroatoms. The Hall–Kier alpha value is -1.50. The van der Waals surface area contributed by atoms with Gasteiger partial charge in [0.1, 0.15) is 51.2 Å². The molecule has 0 radical (unpaired) electrons. The van der Waals surface area contributed by atoms with Crippen LogP contribution in [0.2, 0.25) is 0 Å². The van der Waals surface area contributed by atoms with Crippen LogP contribution in [-0.2, 0) is 0 Å². The molecule has 0 aromatic heterocycles. The molecule has 21 heavy (non-hydrogen) atoms. The number of likely N-dealkylation sites (N-methyl/N-ethyl adjacent to an activating group) is 1. The number of benzene rings is 1. The fraction of sp³-hybridized carbons (Fsp3) is 0.600. The number of ether oxygens (including phenoxy) is 3. The Morgan fingerprint density at radius 3 is 2.76 bits per heavy atom. The first-order valence-corrected chi connectivity index (χ1v) is 7.56.